The molecule has 1 heterocycles. The lowest BCUT2D eigenvalue weighted by molar-refractivity contribution is 0.0953. The van der Waals surface area contributed by atoms with Gasteiger partial charge in [-0.15, -0.1) is 11.3 Å². The number of aryl methyl sites for hydroxylation is 1. The Kier molecular flexibility index (Phi) is 5.16. The molecule has 112 valence electrons. The van der Waals surface area contributed by atoms with Crippen molar-refractivity contribution in [3.63, 3.8) is 0 Å². The van der Waals surface area contributed by atoms with Crippen LogP contribution in [-0.2, 0) is 6.42 Å². The van der Waals surface area contributed by atoms with E-state index in [0.717, 1.165) is 11.4 Å². The van der Waals surface area contributed by atoms with E-state index in [0.29, 0.717) is 23.6 Å². The number of ether oxygens (including phenoxy) is 2. The number of hydrogen-bond donors (Lipinski definition) is 1. The number of amides is 1. The van der Waals surface area contributed by atoms with Crippen LogP contribution in [0.1, 0.15) is 20.2 Å². The van der Waals surface area contributed by atoms with Crippen molar-refractivity contribution in [2.75, 3.05) is 20.8 Å². The van der Waals surface area contributed by atoms with Crippen LogP contribution in [0, 0.1) is 6.92 Å². The van der Waals surface area contributed by atoms with Gasteiger partial charge < -0.3 is 14.8 Å². The van der Waals surface area contributed by atoms with E-state index in [-0.39, 0.29) is 5.91 Å². The van der Waals surface area contributed by atoms with Crippen LogP contribution in [-0.4, -0.2) is 31.7 Å². The van der Waals surface area contributed by atoms with Crippen LogP contribution in [0.25, 0.3) is 0 Å². The number of methoxy groups -OCH3 is 2. The van der Waals surface area contributed by atoms with Gasteiger partial charge in [0.1, 0.15) is 0 Å². The number of carbonyl (C=O) groups excluding carboxylic acids is 1. The predicted molar refractivity (Wildman–Crippen MR) is 82.4 cm³/mol. The summed E-state index contributed by atoms with van der Waals surface area (Å²) < 4.78 is 10.3. The van der Waals surface area contributed by atoms with Crippen LogP contribution in [0.5, 0.6) is 11.5 Å². The van der Waals surface area contributed by atoms with Crippen LogP contribution < -0.4 is 14.8 Å². The van der Waals surface area contributed by atoms with E-state index in [2.05, 4.69) is 10.3 Å². The molecule has 5 nitrogen and oxygen atoms in total. The number of nitrogens with one attached hydrogen (secondary N) is 1. The minimum absolute atomic E-state index is 0.135. The zero-order chi connectivity index (χ0) is 15.2. The van der Waals surface area contributed by atoms with Gasteiger partial charge in [0.25, 0.3) is 5.91 Å². The number of thiazole rings is 1. The predicted octanol–water partition coefficient (Wildman–Crippen LogP) is 2.44. The van der Waals surface area contributed by atoms with Gasteiger partial charge in [0, 0.05) is 29.6 Å². The smallest absolute Gasteiger partial charge is 0.251 e. The summed E-state index contributed by atoms with van der Waals surface area (Å²) in [5.41, 5.74) is 0.544. The topological polar surface area (TPSA) is 60.5 Å². The Labute approximate surface area is 127 Å². The first-order valence-corrected chi connectivity index (χ1v) is 7.37. The fourth-order valence-corrected chi connectivity index (χ4v) is 2.67. The van der Waals surface area contributed by atoms with E-state index in [1.165, 1.54) is 4.88 Å². The average Bonchev–Trinajstić information content (AvgIpc) is 2.91. The molecule has 0 bridgehead atoms. The Morgan fingerprint density at radius 3 is 2.67 bits per heavy atom. The molecule has 6 heteroatoms. The van der Waals surface area contributed by atoms with Gasteiger partial charge in [-0.1, -0.05) is 0 Å². The number of rotatable bonds is 6. The minimum atomic E-state index is -0.135. The summed E-state index contributed by atoms with van der Waals surface area (Å²) in [6.07, 6.45) is 2.58. The molecule has 0 spiro atoms. The van der Waals surface area contributed by atoms with E-state index < -0.39 is 0 Å². The second-order valence-corrected chi connectivity index (χ2v) is 5.76. The van der Waals surface area contributed by atoms with Crippen LogP contribution >= 0.6 is 11.3 Å². The Morgan fingerprint density at radius 2 is 2.05 bits per heavy atom. The van der Waals surface area contributed by atoms with E-state index in [4.69, 9.17) is 9.47 Å². The summed E-state index contributed by atoms with van der Waals surface area (Å²) in [5, 5.41) is 3.90. The Morgan fingerprint density at radius 1 is 1.29 bits per heavy atom. The van der Waals surface area contributed by atoms with Crippen LogP contribution in [0.2, 0.25) is 0 Å². The van der Waals surface area contributed by atoms with Crippen molar-refractivity contribution in [3.05, 3.63) is 39.8 Å². The maximum atomic E-state index is 12.1. The van der Waals surface area contributed by atoms with Gasteiger partial charge in [-0.3, -0.25) is 4.79 Å². The largest absolute Gasteiger partial charge is 0.493 e. The van der Waals surface area contributed by atoms with Gasteiger partial charge in [0.2, 0.25) is 0 Å². The van der Waals surface area contributed by atoms with Crippen LogP contribution in [0.4, 0.5) is 0 Å². The first-order valence-electron chi connectivity index (χ1n) is 6.55. The molecule has 1 N–H and O–H groups in total. The van der Waals surface area contributed by atoms with Gasteiger partial charge >= 0.3 is 0 Å². The Bertz CT molecular complexity index is 625. The first-order chi connectivity index (χ1) is 10.1. The second kappa shape index (κ2) is 7.08. The fraction of sp³-hybridized carbons (Fsp3) is 0.333. The summed E-state index contributed by atoms with van der Waals surface area (Å²) >= 11 is 1.65. The van der Waals surface area contributed by atoms with Crippen molar-refractivity contribution in [3.8, 4) is 11.5 Å². The van der Waals surface area contributed by atoms with Gasteiger partial charge in [-0.05, 0) is 25.1 Å². The summed E-state index contributed by atoms with van der Waals surface area (Å²) in [7, 11) is 3.11. The molecule has 0 saturated heterocycles. The average molecular weight is 306 g/mol. The highest BCUT2D eigenvalue weighted by molar-refractivity contribution is 7.11. The quantitative estimate of drug-likeness (QED) is 0.890. The number of nitrogens with zero attached hydrogens (tertiary/aromatic N) is 1. The van der Waals surface area contributed by atoms with E-state index in [1.807, 2.05) is 13.1 Å². The third-order valence-electron chi connectivity index (χ3n) is 2.94. The third kappa shape index (κ3) is 3.95. The Hall–Kier alpha value is -2.08. The molecular weight excluding hydrogens is 288 g/mol. The van der Waals surface area contributed by atoms with Crippen molar-refractivity contribution in [2.24, 2.45) is 0 Å². The van der Waals surface area contributed by atoms with Gasteiger partial charge in [-0.2, -0.15) is 0 Å². The molecule has 2 aromatic rings. The van der Waals surface area contributed by atoms with Crippen molar-refractivity contribution in [1.29, 1.82) is 0 Å². The number of carbonyl (C=O) groups is 1. The van der Waals surface area contributed by atoms with Gasteiger partial charge in [0.15, 0.2) is 11.5 Å². The zero-order valence-electron chi connectivity index (χ0n) is 12.3. The highest BCUT2D eigenvalue weighted by atomic mass is 32.1. The molecule has 0 aliphatic carbocycles. The van der Waals surface area contributed by atoms with Crippen LogP contribution in [0.3, 0.4) is 0 Å². The van der Waals surface area contributed by atoms with Crippen molar-refractivity contribution >= 4 is 17.2 Å². The van der Waals surface area contributed by atoms with Crippen molar-refractivity contribution in [1.82, 2.24) is 10.3 Å². The fourth-order valence-electron chi connectivity index (χ4n) is 1.88. The molecule has 0 unspecified atom stereocenters. The van der Waals surface area contributed by atoms with Gasteiger partial charge in [0.05, 0.1) is 19.2 Å². The maximum Gasteiger partial charge on any atom is 0.251 e. The maximum absolute atomic E-state index is 12.1. The highest BCUT2D eigenvalue weighted by Gasteiger charge is 2.10. The van der Waals surface area contributed by atoms with Crippen molar-refractivity contribution in [2.45, 2.75) is 13.3 Å². The molecule has 1 amide bonds. The monoisotopic (exact) mass is 306 g/mol. The van der Waals surface area contributed by atoms with E-state index >= 15 is 0 Å². The SMILES string of the molecule is COc1ccc(C(=O)NCCc2ncc(C)s2)cc1OC. The van der Waals surface area contributed by atoms with Crippen molar-refractivity contribution < 1.29 is 14.3 Å². The normalized spacial score (nSPS) is 10.2. The summed E-state index contributed by atoms with van der Waals surface area (Å²) in [5.74, 6) is 1.01. The molecule has 21 heavy (non-hydrogen) atoms. The lowest BCUT2D eigenvalue weighted by atomic mass is 10.2. The third-order valence-corrected chi connectivity index (χ3v) is 3.91. The minimum Gasteiger partial charge on any atom is -0.493 e. The molecule has 0 fully saturated rings. The molecular formula is C15H18N2O3S. The molecule has 1 aromatic carbocycles. The molecule has 0 aliphatic heterocycles. The molecule has 0 radical (unpaired) electrons. The number of benzene rings is 1. The molecule has 0 aliphatic rings. The second-order valence-electron chi connectivity index (χ2n) is 4.44. The lowest BCUT2D eigenvalue weighted by Gasteiger charge is -2.09. The summed E-state index contributed by atoms with van der Waals surface area (Å²) in [4.78, 5) is 17.5. The molecule has 1 aromatic heterocycles. The standard InChI is InChI=1S/C15H18N2O3S/c1-10-9-17-14(21-10)6-7-16-15(18)11-4-5-12(19-2)13(8-11)20-3/h4-5,8-9H,6-7H2,1-3H3,(H,16,18). The zero-order valence-corrected chi connectivity index (χ0v) is 13.1. The lowest BCUT2D eigenvalue weighted by Crippen LogP contribution is -2.25. The van der Waals surface area contributed by atoms with Gasteiger partial charge in [-0.25, -0.2) is 4.98 Å². The van der Waals surface area contributed by atoms with E-state index in [9.17, 15) is 4.79 Å². The summed E-state index contributed by atoms with van der Waals surface area (Å²) in [6, 6.07) is 5.10. The molecule has 0 saturated carbocycles. The van der Waals surface area contributed by atoms with E-state index in [1.54, 1.807) is 43.8 Å². The molecule has 0 atom stereocenters. The number of aromatic nitrogens is 1. The first kappa shape index (κ1) is 15.3. The number of hydrogen-bond acceptors (Lipinski definition) is 5. The van der Waals surface area contributed by atoms with Crippen LogP contribution in [0.15, 0.2) is 24.4 Å². The highest BCUT2D eigenvalue weighted by Crippen LogP contribution is 2.27. The summed E-state index contributed by atoms with van der Waals surface area (Å²) in [6.45, 7) is 2.57. The Balaban J connectivity index is 1.93. The molecule has 2 rings (SSSR count).